The van der Waals surface area contributed by atoms with Crippen LogP contribution in [0.2, 0.25) is 0 Å². The van der Waals surface area contributed by atoms with Crippen LogP contribution in [-0.2, 0) is 20.9 Å². The first-order valence-electron chi connectivity index (χ1n) is 8.60. The van der Waals surface area contributed by atoms with Gasteiger partial charge in [0, 0.05) is 38.7 Å². The van der Waals surface area contributed by atoms with E-state index in [9.17, 15) is 4.79 Å². The fourth-order valence-corrected chi connectivity index (χ4v) is 4.70. The lowest BCUT2D eigenvalue weighted by Crippen LogP contribution is -2.53. The molecular weight excluding hydrogens is 312 g/mol. The van der Waals surface area contributed by atoms with Crippen LogP contribution in [0.4, 0.5) is 0 Å². The molecule has 4 rings (SSSR count). The van der Waals surface area contributed by atoms with Gasteiger partial charge in [-0.25, -0.2) is 5.06 Å². The van der Waals surface area contributed by atoms with Crippen molar-refractivity contribution in [3.8, 4) is 0 Å². The Morgan fingerprint density at radius 1 is 1.30 bits per heavy atom. The first kappa shape index (κ1) is 15.6. The molecule has 0 N–H and O–H groups in total. The summed E-state index contributed by atoms with van der Waals surface area (Å²) in [7, 11) is 0. The van der Waals surface area contributed by atoms with Gasteiger partial charge in [-0.2, -0.15) is 11.3 Å². The van der Waals surface area contributed by atoms with Crippen LogP contribution in [-0.4, -0.2) is 54.8 Å². The SMILES string of the molecule is O=C([C@@H]1CN(Cc2ccsc2)C[C@@H]2OCC[C@@H]21)N1CCCCO1. The van der Waals surface area contributed by atoms with Crippen LogP contribution < -0.4 is 0 Å². The highest BCUT2D eigenvalue weighted by Gasteiger charge is 2.45. The molecule has 5 nitrogen and oxygen atoms in total. The maximum Gasteiger partial charge on any atom is 0.250 e. The molecular formula is C17H24N2O3S. The number of thiophene rings is 1. The van der Waals surface area contributed by atoms with Crippen LogP contribution in [0, 0.1) is 11.8 Å². The van der Waals surface area contributed by atoms with E-state index >= 15 is 0 Å². The zero-order chi connectivity index (χ0) is 15.6. The Morgan fingerprint density at radius 2 is 2.26 bits per heavy atom. The number of amides is 1. The monoisotopic (exact) mass is 336 g/mol. The van der Waals surface area contributed by atoms with Crippen molar-refractivity contribution in [2.24, 2.45) is 11.8 Å². The van der Waals surface area contributed by atoms with Crippen molar-refractivity contribution in [2.45, 2.75) is 31.9 Å². The molecule has 0 spiro atoms. The predicted octanol–water partition coefficient (Wildman–Crippen LogP) is 2.14. The van der Waals surface area contributed by atoms with Crippen molar-refractivity contribution in [2.75, 3.05) is 32.8 Å². The molecule has 0 unspecified atom stereocenters. The fourth-order valence-electron chi connectivity index (χ4n) is 4.04. The average Bonchev–Trinajstić information content (AvgIpc) is 3.26. The van der Waals surface area contributed by atoms with E-state index in [4.69, 9.17) is 9.57 Å². The first-order chi connectivity index (χ1) is 11.3. The number of ether oxygens (including phenoxy) is 1. The second-order valence-electron chi connectivity index (χ2n) is 6.77. The van der Waals surface area contributed by atoms with E-state index in [1.807, 2.05) is 0 Å². The van der Waals surface area contributed by atoms with Gasteiger partial charge in [-0.15, -0.1) is 0 Å². The number of hydroxylamine groups is 2. The minimum Gasteiger partial charge on any atom is -0.377 e. The predicted molar refractivity (Wildman–Crippen MR) is 87.8 cm³/mol. The van der Waals surface area contributed by atoms with Crippen LogP contribution in [0.15, 0.2) is 16.8 Å². The molecule has 0 bridgehead atoms. The van der Waals surface area contributed by atoms with Gasteiger partial charge in [0.2, 0.25) is 0 Å². The molecule has 0 aromatic carbocycles. The van der Waals surface area contributed by atoms with E-state index in [0.717, 1.165) is 52.0 Å². The molecule has 0 saturated carbocycles. The number of hydrogen-bond acceptors (Lipinski definition) is 5. The summed E-state index contributed by atoms with van der Waals surface area (Å²) in [5, 5.41) is 5.92. The number of likely N-dealkylation sites (tertiary alicyclic amines) is 1. The molecule has 3 saturated heterocycles. The molecule has 6 heteroatoms. The maximum atomic E-state index is 13.0. The lowest BCUT2D eigenvalue weighted by molar-refractivity contribution is -0.205. The number of carbonyl (C=O) groups is 1. The summed E-state index contributed by atoms with van der Waals surface area (Å²) in [5.74, 6) is 0.528. The Labute approximate surface area is 141 Å². The quantitative estimate of drug-likeness (QED) is 0.848. The molecule has 3 fully saturated rings. The molecule has 0 aliphatic carbocycles. The minimum atomic E-state index is 0.00739. The van der Waals surface area contributed by atoms with Crippen LogP contribution >= 0.6 is 11.3 Å². The van der Waals surface area contributed by atoms with Crippen molar-refractivity contribution in [3.63, 3.8) is 0 Å². The van der Waals surface area contributed by atoms with Crippen molar-refractivity contribution in [3.05, 3.63) is 22.4 Å². The highest BCUT2D eigenvalue weighted by Crippen LogP contribution is 2.35. The summed E-state index contributed by atoms with van der Waals surface area (Å²) in [4.78, 5) is 20.9. The number of rotatable bonds is 3. The molecule has 3 aliphatic rings. The molecule has 3 atom stereocenters. The Balaban J connectivity index is 1.47. The van der Waals surface area contributed by atoms with Gasteiger partial charge >= 0.3 is 0 Å². The normalized spacial score (nSPS) is 32.0. The van der Waals surface area contributed by atoms with E-state index in [1.165, 1.54) is 5.56 Å². The second kappa shape index (κ2) is 6.89. The summed E-state index contributed by atoms with van der Waals surface area (Å²) < 4.78 is 5.92. The van der Waals surface area contributed by atoms with Gasteiger partial charge < -0.3 is 4.74 Å². The molecule has 23 heavy (non-hydrogen) atoms. The van der Waals surface area contributed by atoms with E-state index < -0.39 is 0 Å². The summed E-state index contributed by atoms with van der Waals surface area (Å²) >= 11 is 1.72. The topological polar surface area (TPSA) is 42.0 Å². The molecule has 4 heterocycles. The van der Waals surface area contributed by atoms with Gasteiger partial charge in [-0.05, 0) is 41.7 Å². The zero-order valence-corrected chi connectivity index (χ0v) is 14.2. The van der Waals surface area contributed by atoms with E-state index in [0.29, 0.717) is 12.5 Å². The van der Waals surface area contributed by atoms with Crippen LogP contribution in [0.1, 0.15) is 24.8 Å². The third-order valence-corrected chi connectivity index (χ3v) is 5.95. The molecule has 126 valence electrons. The Hall–Kier alpha value is -0.950. The number of fused-ring (bicyclic) bond motifs is 1. The van der Waals surface area contributed by atoms with E-state index in [-0.39, 0.29) is 17.9 Å². The second-order valence-corrected chi connectivity index (χ2v) is 7.55. The Bertz CT molecular complexity index is 530. The van der Waals surface area contributed by atoms with Gasteiger partial charge in [0.1, 0.15) is 0 Å². The van der Waals surface area contributed by atoms with Crippen molar-refractivity contribution >= 4 is 17.2 Å². The zero-order valence-electron chi connectivity index (χ0n) is 13.4. The summed E-state index contributed by atoms with van der Waals surface area (Å²) in [6.45, 7) is 4.84. The minimum absolute atomic E-state index is 0.00739. The Morgan fingerprint density at radius 3 is 3.04 bits per heavy atom. The largest absolute Gasteiger partial charge is 0.377 e. The number of nitrogens with zero attached hydrogens (tertiary/aromatic N) is 2. The standard InChI is InChI=1S/C17H24N2O3S/c20-17(19-5-1-2-6-22-19)15-10-18(9-13-4-8-23-12-13)11-16-14(15)3-7-21-16/h4,8,12,14-16H,1-3,5-7,9-11H2/t14-,15-,16+/m1/s1. The van der Waals surface area contributed by atoms with Crippen LogP contribution in [0.25, 0.3) is 0 Å². The van der Waals surface area contributed by atoms with E-state index in [2.05, 4.69) is 21.7 Å². The maximum absolute atomic E-state index is 13.0. The highest BCUT2D eigenvalue weighted by atomic mass is 32.1. The summed E-state index contributed by atoms with van der Waals surface area (Å²) in [5.41, 5.74) is 1.33. The smallest absolute Gasteiger partial charge is 0.250 e. The van der Waals surface area contributed by atoms with Crippen LogP contribution in [0.5, 0.6) is 0 Å². The Kier molecular flexibility index (Phi) is 4.66. The average molecular weight is 336 g/mol. The summed E-state index contributed by atoms with van der Waals surface area (Å²) in [6, 6.07) is 2.16. The van der Waals surface area contributed by atoms with Crippen molar-refractivity contribution in [1.29, 1.82) is 0 Å². The third kappa shape index (κ3) is 3.31. The highest BCUT2D eigenvalue weighted by molar-refractivity contribution is 7.07. The summed E-state index contributed by atoms with van der Waals surface area (Å²) in [6.07, 6.45) is 3.29. The van der Waals surface area contributed by atoms with Gasteiger partial charge in [0.25, 0.3) is 5.91 Å². The third-order valence-electron chi connectivity index (χ3n) is 5.22. The van der Waals surface area contributed by atoms with Gasteiger partial charge in [-0.1, -0.05) is 0 Å². The van der Waals surface area contributed by atoms with E-state index in [1.54, 1.807) is 16.4 Å². The first-order valence-corrected chi connectivity index (χ1v) is 9.55. The van der Waals surface area contributed by atoms with Gasteiger partial charge in [-0.3, -0.25) is 14.5 Å². The van der Waals surface area contributed by atoms with Crippen molar-refractivity contribution < 1.29 is 14.4 Å². The van der Waals surface area contributed by atoms with Crippen LogP contribution in [0.3, 0.4) is 0 Å². The molecule has 1 amide bonds. The van der Waals surface area contributed by atoms with Gasteiger partial charge in [0.05, 0.1) is 18.6 Å². The molecule has 3 aliphatic heterocycles. The van der Waals surface area contributed by atoms with Gasteiger partial charge in [0.15, 0.2) is 0 Å². The lowest BCUT2D eigenvalue weighted by atomic mass is 9.82. The molecule has 1 aromatic heterocycles. The number of hydrogen-bond donors (Lipinski definition) is 0. The molecule has 0 radical (unpaired) electrons. The fraction of sp³-hybridized carbons (Fsp3) is 0.706. The molecule has 1 aromatic rings. The number of carbonyl (C=O) groups excluding carboxylic acids is 1. The lowest BCUT2D eigenvalue weighted by Gasteiger charge is -2.41. The number of piperidine rings is 1. The van der Waals surface area contributed by atoms with Crippen molar-refractivity contribution in [1.82, 2.24) is 9.96 Å².